The molecule has 0 aromatic carbocycles. The molecule has 2 aromatic heterocycles. The molecule has 0 radical (unpaired) electrons. The number of hydrogen-bond acceptors (Lipinski definition) is 2. The van der Waals surface area contributed by atoms with Crippen LogP contribution in [0.3, 0.4) is 0 Å². The summed E-state index contributed by atoms with van der Waals surface area (Å²) in [5, 5.41) is 4.12. The molecule has 62 valence electrons. The van der Waals surface area contributed by atoms with Gasteiger partial charge in [0, 0.05) is 12.7 Å². The minimum absolute atomic E-state index is 0.564. The van der Waals surface area contributed by atoms with Gasteiger partial charge >= 0.3 is 0 Å². The smallest absolute Gasteiger partial charge is 0.0807 e. The average molecular weight is 226 g/mol. The first kappa shape index (κ1) is 7.76. The van der Waals surface area contributed by atoms with Crippen LogP contribution in [0.5, 0.6) is 0 Å². The zero-order valence-electron chi connectivity index (χ0n) is 6.37. The van der Waals surface area contributed by atoms with Gasteiger partial charge in [-0.1, -0.05) is 0 Å². The molecule has 0 unspecified atom stereocenters. The lowest BCUT2D eigenvalue weighted by atomic mass is 10.2. The lowest BCUT2D eigenvalue weighted by molar-refractivity contribution is 0.947. The summed E-state index contributed by atoms with van der Waals surface area (Å²) in [6.07, 6.45) is 3.68. The Balaban J connectivity index is 2.71. The number of hydrogen-bond donors (Lipinski definition) is 1. The second kappa shape index (κ2) is 2.88. The molecular formula is C8H8BrN3. The summed E-state index contributed by atoms with van der Waals surface area (Å²) in [5.74, 6) is 0. The maximum atomic E-state index is 5.51. The summed E-state index contributed by atoms with van der Waals surface area (Å²) >= 11 is 3.41. The SMILES string of the molecule is NCc1ccn2ncc(Br)c2c1. The summed E-state index contributed by atoms with van der Waals surface area (Å²) < 4.78 is 2.81. The van der Waals surface area contributed by atoms with Gasteiger partial charge in [0.25, 0.3) is 0 Å². The Kier molecular flexibility index (Phi) is 1.86. The van der Waals surface area contributed by atoms with Gasteiger partial charge in [0.05, 0.1) is 16.2 Å². The number of fused-ring (bicyclic) bond motifs is 1. The van der Waals surface area contributed by atoms with Crippen LogP contribution in [0.25, 0.3) is 5.52 Å². The Labute approximate surface area is 78.3 Å². The van der Waals surface area contributed by atoms with Crippen molar-refractivity contribution in [2.75, 3.05) is 0 Å². The van der Waals surface area contributed by atoms with Crippen LogP contribution < -0.4 is 5.73 Å². The molecule has 2 aromatic rings. The average Bonchev–Trinajstić information content (AvgIpc) is 2.47. The largest absolute Gasteiger partial charge is 0.326 e. The van der Waals surface area contributed by atoms with E-state index >= 15 is 0 Å². The van der Waals surface area contributed by atoms with E-state index in [9.17, 15) is 0 Å². The van der Waals surface area contributed by atoms with E-state index in [0.717, 1.165) is 15.6 Å². The molecule has 2 heterocycles. The molecule has 0 amide bonds. The third-order valence-electron chi connectivity index (χ3n) is 1.77. The number of nitrogens with zero attached hydrogens (tertiary/aromatic N) is 2. The fraction of sp³-hybridized carbons (Fsp3) is 0.125. The Morgan fingerprint density at radius 1 is 1.58 bits per heavy atom. The highest BCUT2D eigenvalue weighted by Gasteiger charge is 2.00. The van der Waals surface area contributed by atoms with Gasteiger partial charge in [-0.2, -0.15) is 5.10 Å². The fourth-order valence-corrected chi connectivity index (χ4v) is 1.51. The molecule has 12 heavy (non-hydrogen) atoms. The van der Waals surface area contributed by atoms with Crippen molar-refractivity contribution in [3.63, 3.8) is 0 Å². The van der Waals surface area contributed by atoms with Gasteiger partial charge in [0.2, 0.25) is 0 Å². The van der Waals surface area contributed by atoms with E-state index in [1.54, 1.807) is 6.20 Å². The van der Waals surface area contributed by atoms with Crippen molar-refractivity contribution < 1.29 is 0 Å². The maximum absolute atomic E-state index is 5.51. The summed E-state index contributed by atoms with van der Waals surface area (Å²) in [5.41, 5.74) is 7.68. The molecule has 2 N–H and O–H groups in total. The first-order chi connectivity index (χ1) is 5.81. The summed E-state index contributed by atoms with van der Waals surface area (Å²) in [6, 6.07) is 3.99. The van der Waals surface area contributed by atoms with Crippen molar-refractivity contribution >= 4 is 21.4 Å². The van der Waals surface area contributed by atoms with Gasteiger partial charge in [-0.05, 0) is 33.6 Å². The first-order valence-electron chi connectivity index (χ1n) is 3.63. The normalized spacial score (nSPS) is 10.8. The molecule has 0 spiro atoms. The minimum Gasteiger partial charge on any atom is -0.326 e. The van der Waals surface area contributed by atoms with E-state index in [0.29, 0.717) is 6.54 Å². The number of nitrogens with two attached hydrogens (primary N) is 1. The highest BCUT2D eigenvalue weighted by atomic mass is 79.9. The Morgan fingerprint density at radius 3 is 3.17 bits per heavy atom. The van der Waals surface area contributed by atoms with Gasteiger partial charge in [-0.3, -0.25) is 0 Å². The van der Waals surface area contributed by atoms with Crippen molar-refractivity contribution in [3.05, 3.63) is 34.6 Å². The first-order valence-corrected chi connectivity index (χ1v) is 4.42. The number of pyridine rings is 1. The Morgan fingerprint density at radius 2 is 2.42 bits per heavy atom. The van der Waals surface area contributed by atoms with Crippen LogP contribution in [0.15, 0.2) is 29.0 Å². The van der Waals surface area contributed by atoms with E-state index in [4.69, 9.17) is 5.73 Å². The monoisotopic (exact) mass is 225 g/mol. The van der Waals surface area contributed by atoms with Gasteiger partial charge in [-0.15, -0.1) is 0 Å². The van der Waals surface area contributed by atoms with E-state index in [1.165, 1.54) is 0 Å². The summed E-state index contributed by atoms with van der Waals surface area (Å²) in [4.78, 5) is 0. The molecule has 0 saturated carbocycles. The fourth-order valence-electron chi connectivity index (χ4n) is 1.12. The summed E-state index contributed by atoms with van der Waals surface area (Å²) in [6.45, 7) is 0.564. The Hall–Kier alpha value is -0.870. The second-order valence-corrected chi connectivity index (χ2v) is 3.42. The molecule has 0 saturated heterocycles. The highest BCUT2D eigenvalue weighted by Crippen LogP contribution is 2.17. The third-order valence-corrected chi connectivity index (χ3v) is 2.39. The molecule has 0 bridgehead atoms. The van der Waals surface area contributed by atoms with Crippen molar-refractivity contribution in [2.24, 2.45) is 5.73 Å². The molecule has 0 aliphatic carbocycles. The minimum atomic E-state index is 0.564. The van der Waals surface area contributed by atoms with Crippen LogP contribution in [0, 0.1) is 0 Å². The number of halogens is 1. The van der Waals surface area contributed by atoms with Gasteiger partial charge in [0.1, 0.15) is 0 Å². The van der Waals surface area contributed by atoms with E-state index in [1.807, 2.05) is 22.8 Å². The molecule has 3 nitrogen and oxygen atoms in total. The van der Waals surface area contributed by atoms with Crippen molar-refractivity contribution in [2.45, 2.75) is 6.54 Å². The van der Waals surface area contributed by atoms with Crippen LogP contribution in [0.1, 0.15) is 5.56 Å². The molecule has 2 rings (SSSR count). The highest BCUT2D eigenvalue weighted by molar-refractivity contribution is 9.10. The third kappa shape index (κ3) is 1.13. The second-order valence-electron chi connectivity index (χ2n) is 2.56. The lowest BCUT2D eigenvalue weighted by Crippen LogP contribution is -1.97. The summed E-state index contributed by atoms with van der Waals surface area (Å²) in [7, 11) is 0. The zero-order valence-corrected chi connectivity index (χ0v) is 7.95. The number of rotatable bonds is 1. The van der Waals surface area contributed by atoms with E-state index in [2.05, 4.69) is 21.0 Å². The predicted molar refractivity (Wildman–Crippen MR) is 50.8 cm³/mol. The zero-order chi connectivity index (χ0) is 8.55. The number of aromatic nitrogens is 2. The molecule has 0 aliphatic heterocycles. The van der Waals surface area contributed by atoms with Crippen LogP contribution in [-0.4, -0.2) is 9.61 Å². The topological polar surface area (TPSA) is 43.3 Å². The Bertz CT molecular complexity index is 408. The lowest BCUT2D eigenvalue weighted by Gasteiger charge is -1.97. The molecule has 4 heteroatoms. The standard InChI is InChI=1S/C8H8BrN3/c9-7-5-11-12-2-1-6(4-10)3-8(7)12/h1-3,5H,4,10H2. The van der Waals surface area contributed by atoms with E-state index < -0.39 is 0 Å². The van der Waals surface area contributed by atoms with Crippen molar-refractivity contribution in [3.8, 4) is 0 Å². The predicted octanol–water partition coefficient (Wildman–Crippen LogP) is 1.56. The molecule has 0 aliphatic rings. The van der Waals surface area contributed by atoms with Gasteiger partial charge in [0.15, 0.2) is 0 Å². The molecule has 0 atom stereocenters. The van der Waals surface area contributed by atoms with Crippen LogP contribution in [0.4, 0.5) is 0 Å². The quantitative estimate of drug-likeness (QED) is 0.801. The maximum Gasteiger partial charge on any atom is 0.0807 e. The van der Waals surface area contributed by atoms with Crippen LogP contribution in [-0.2, 0) is 6.54 Å². The van der Waals surface area contributed by atoms with Crippen molar-refractivity contribution in [1.29, 1.82) is 0 Å². The van der Waals surface area contributed by atoms with Gasteiger partial charge in [-0.25, -0.2) is 4.52 Å². The van der Waals surface area contributed by atoms with Crippen LogP contribution >= 0.6 is 15.9 Å². The van der Waals surface area contributed by atoms with Gasteiger partial charge < -0.3 is 5.73 Å². The van der Waals surface area contributed by atoms with Crippen LogP contribution in [0.2, 0.25) is 0 Å². The van der Waals surface area contributed by atoms with Crippen molar-refractivity contribution in [1.82, 2.24) is 9.61 Å². The molecule has 0 fully saturated rings. The van der Waals surface area contributed by atoms with E-state index in [-0.39, 0.29) is 0 Å². The molecular weight excluding hydrogens is 218 g/mol.